The quantitative estimate of drug-likeness (QED) is 0.562. The highest BCUT2D eigenvalue weighted by molar-refractivity contribution is 6.61. The summed E-state index contributed by atoms with van der Waals surface area (Å²) in [4.78, 5) is 21.8. The average Bonchev–Trinajstić information content (AvgIpc) is 2.87. The molecule has 0 radical (unpaired) electrons. The van der Waals surface area contributed by atoms with E-state index in [-0.39, 0.29) is 27.5 Å². The van der Waals surface area contributed by atoms with Crippen molar-refractivity contribution in [1.82, 2.24) is 14.4 Å². The van der Waals surface area contributed by atoms with Gasteiger partial charge in [-0.05, 0) is 53.7 Å². The van der Waals surface area contributed by atoms with Gasteiger partial charge in [-0.15, -0.1) is 0 Å². The van der Waals surface area contributed by atoms with Crippen molar-refractivity contribution >= 4 is 30.0 Å². The second-order valence-electron chi connectivity index (χ2n) is 8.67. The number of benzene rings is 1. The smallest absolute Gasteiger partial charge is 0.398 e. The molecule has 1 aliphatic heterocycles. The van der Waals surface area contributed by atoms with Crippen LogP contribution in [0.25, 0.3) is 16.9 Å². The Balaban J connectivity index is 2.05. The Hall–Kier alpha value is -2.36. The van der Waals surface area contributed by atoms with Gasteiger partial charge in [0.25, 0.3) is 5.56 Å². The van der Waals surface area contributed by atoms with Crippen molar-refractivity contribution in [3.63, 3.8) is 0 Å². The summed E-state index contributed by atoms with van der Waals surface area (Å²) >= 11 is 5.79. The van der Waals surface area contributed by atoms with Crippen molar-refractivity contribution in [3.8, 4) is 11.3 Å². The minimum atomic E-state index is -0.944. The van der Waals surface area contributed by atoms with Gasteiger partial charge in [0, 0.05) is 22.5 Å². The summed E-state index contributed by atoms with van der Waals surface area (Å²) in [7, 11) is -0.944. The van der Waals surface area contributed by atoms with Crippen LogP contribution < -0.4 is 11.2 Å². The molecular weight excluding hydrogens is 427 g/mol. The zero-order valence-electron chi connectivity index (χ0n) is 18.0. The van der Waals surface area contributed by atoms with Gasteiger partial charge in [-0.2, -0.15) is 0 Å². The lowest BCUT2D eigenvalue weighted by Gasteiger charge is -2.32. The minimum absolute atomic E-state index is 0.0217. The number of aryl methyl sites for hydroxylation is 1. The fourth-order valence-corrected chi connectivity index (χ4v) is 3.56. The first-order valence-corrected chi connectivity index (χ1v) is 10.1. The van der Waals surface area contributed by atoms with Crippen LogP contribution in [0.1, 0.15) is 39.0 Å². The van der Waals surface area contributed by atoms with Crippen molar-refractivity contribution in [2.75, 3.05) is 0 Å². The van der Waals surface area contributed by atoms with Crippen LogP contribution in [0.4, 0.5) is 8.78 Å². The van der Waals surface area contributed by atoms with Crippen LogP contribution in [0.2, 0.25) is 5.02 Å². The topological polar surface area (TPSA) is 65.7 Å². The van der Waals surface area contributed by atoms with E-state index in [1.807, 2.05) is 27.7 Å². The Labute approximate surface area is 183 Å². The van der Waals surface area contributed by atoms with E-state index in [1.54, 1.807) is 13.8 Å². The molecule has 3 heterocycles. The van der Waals surface area contributed by atoms with Gasteiger partial charge in [0.05, 0.1) is 22.4 Å². The third-order valence-corrected chi connectivity index (χ3v) is 6.25. The second-order valence-corrected chi connectivity index (χ2v) is 9.10. The molecule has 6 nitrogen and oxygen atoms in total. The van der Waals surface area contributed by atoms with Crippen molar-refractivity contribution in [2.45, 2.75) is 52.7 Å². The predicted octanol–water partition coefficient (Wildman–Crippen LogP) is 3.60. The van der Waals surface area contributed by atoms with Gasteiger partial charge in [0.1, 0.15) is 17.3 Å². The molecule has 4 rings (SSSR count). The van der Waals surface area contributed by atoms with E-state index in [0.29, 0.717) is 11.3 Å². The number of nitrogens with zero attached hydrogens (tertiary/aromatic N) is 3. The summed E-state index contributed by atoms with van der Waals surface area (Å²) in [6.07, 6.45) is 1.44. The Morgan fingerprint density at radius 1 is 1.03 bits per heavy atom. The van der Waals surface area contributed by atoms with Crippen LogP contribution in [0.3, 0.4) is 0 Å². The maximum atomic E-state index is 14.8. The Kier molecular flexibility index (Phi) is 4.99. The summed E-state index contributed by atoms with van der Waals surface area (Å²) in [6.45, 7) is 10.8. The number of hydrogen-bond acceptors (Lipinski definition) is 5. The molecule has 1 aliphatic rings. The highest BCUT2D eigenvalue weighted by Crippen LogP contribution is 2.37. The maximum Gasteiger partial charge on any atom is 0.516 e. The van der Waals surface area contributed by atoms with Gasteiger partial charge < -0.3 is 9.31 Å². The van der Waals surface area contributed by atoms with Gasteiger partial charge in [0.2, 0.25) is 0 Å². The molecule has 0 unspecified atom stereocenters. The molecule has 0 atom stereocenters. The third kappa shape index (κ3) is 3.45. The van der Waals surface area contributed by atoms with Crippen molar-refractivity contribution < 1.29 is 18.1 Å². The van der Waals surface area contributed by atoms with Gasteiger partial charge in [0.15, 0.2) is 5.65 Å². The molecule has 0 saturated carbocycles. The molecule has 0 aliphatic carbocycles. The number of rotatable bonds is 2. The Morgan fingerprint density at radius 2 is 1.58 bits per heavy atom. The van der Waals surface area contributed by atoms with E-state index >= 15 is 0 Å². The molecule has 0 bridgehead atoms. The summed E-state index contributed by atoms with van der Waals surface area (Å²) in [5.41, 5.74) is -1.23. The summed E-state index contributed by atoms with van der Waals surface area (Å²) in [5.74, 6) is -1.84. The van der Waals surface area contributed by atoms with Crippen LogP contribution in [0.5, 0.6) is 0 Å². The number of halogens is 3. The fraction of sp³-hybridized carbons (Fsp3) is 0.381. The molecule has 2 aromatic heterocycles. The van der Waals surface area contributed by atoms with E-state index in [9.17, 15) is 13.6 Å². The molecule has 31 heavy (non-hydrogen) atoms. The minimum Gasteiger partial charge on any atom is -0.398 e. The first-order valence-electron chi connectivity index (χ1n) is 9.73. The predicted molar refractivity (Wildman–Crippen MR) is 115 cm³/mol. The first kappa shape index (κ1) is 21.9. The van der Waals surface area contributed by atoms with Crippen LogP contribution in [-0.4, -0.2) is 32.7 Å². The van der Waals surface area contributed by atoms with E-state index in [0.717, 1.165) is 12.1 Å². The van der Waals surface area contributed by atoms with E-state index in [4.69, 9.17) is 20.9 Å². The molecular formula is C21H21BClF2N3O3. The summed E-state index contributed by atoms with van der Waals surface area (Å²) in [5, 5.41) is -0.0951. The first-order chi connectivity index (χ1) is 14.3. The van der Waals surface area contributed by atoms with Gasteiger partial charge in [-0.3, -0.25) is 14.2 Å². The maximum absolute atomic E-state index is 14.8. The molecule has 0 amide bonds. The zero-order valence-corrected chi connectivity index (χ0v) is 18.8. The van der Waals surface area contributed by atoms with Gasteiger partial charge >= 0.3 is 7.12 Å². The van der Waals surface area contributed by atoms with Crippen LogP contribution >= 0.6 is 11.6 Å². The summed E-state index contributed by atoms with van der Waals surface area (Å²) in [6, 6.07) is 1.97. The molecule has 1 fully saturated rings. The number of aromatic nitrogens is 3. The SMILES string of the molecule is Cc1nc2c(-c3c(F)cc(Cl)cc3F)nc(B3OC(C)(C)C(C)(C)O3)cn2c(=O)c1C. The lowest BCUT2D eigenvalue weighted by atomic mass is 9.85. The highest BCUT2D eigenvalue weighted by Gasteiger charge is 2.52. The molecule has 10 heteroatoms. The van der Waals surface area contributed by atoms with Crippen LogP contribution in [-0.2, 0) is 9.31 Å². The molecule has 1 saturated heterocycles. The monoisotopic (exact) mass is 447 g/mol. The standard InChI is InChI=1S/C21H21BClF2N3O3/c1-10-11(2)26-18-17(16-13(24)7-12(23)8-14(16)25)27-15(9-28(18)19(10)29)22-30-20(3,4)21(5,6)31-22/h7-9H,1-6H3. The van der Waals surface area contributed by atoms with Gasteiger partial charge in [-0.1, -0.05) is 11.6 Å². The van der Waals surface area contributed by atoms with E-state index in [1.165, 1.54) is 10.6 Å². The zero-order chi connectivity index (χ0) is 22.9. The number of hydrogen-bond donors (Lipinski definition) is 0. The lowest BCUT2D eigenvalue weighted by Crippen LogP contribution is -2.41. The highest BCUT2D eigenvalue weighted by atomic mass is 35.5. The normalized spacial score (nSPS) is 17.5. The van der Waals surface area contributed by atoms with Crippen LogP contribution in [0, 0.1) is 25.5 Å². The van der Waals surface area contributed by atoms with Crippen LogP contribution in [0.15, 0.2) is 23.1 Å². The second kappa shape index (κ2) is 7.08. The molecule has 1 aromatic carbocycles. The molecule has 0 N–H and O–H groups in total. The van der Waals surface area contributed by atoms with Crippen molar-refractivity contribution in [2.24, 2.45) is 0 Å². The number of fused-ring (bicyclic) bond motifs is 1. The van der Waals surface area contributed by atoms with E-state index in [2.05, 4.69) is 9.97 Å². The average molecular weight is 448 g/mol. The fourth-order valence-electron chi connectivity index (χ4n) is 3.37. The Bertz CT molecular complexity index is 1250. The summed E-state index contributed by atoms with van der Waals surface area (Å²) < 4.78 is 42.9. The van der Waals surface area contributed by atoms with Gasteiger partial charge in [-0.25, -0.2) is 13.8 Å². The van der Waals surface area contributed by atoms with Crippen molar-refractivity contribution in [3.05, 3.63) is 56.6 Å². The van der Waals surface area contributed by atoms with Crippen molar-refractivity contribution in [1.29, 1.82) is 0 Å². The Morgan fingerprint density at radius 3 is 2.13 bits per heavy atom. The lowest BCUT2D eigenvalue weighted by molar-refractivity contribution is 0.00578. The third-order valence-electron chi connectivity index (χ3n) is 6.04. The van der Waals surface area contributed by atoms with E-state index < -0.39 is 35.5 Å². The molecule has 162 valence electrons. The largest absolute Gasteiger partial charge is 0.516 e. The molecule has 3 aromatic rings. The molecule has 0 spiro atoms.